The number of amides is 1. The lowest BCUT2D eigenvalue weighted by atomic mass is 10.0. The van der Waals surface area contributed by atoms with Crippen LogP contribution in [-0.2, 0) is 21.2 Å². The monoisotopic (exact) mass is 416 g/mol. The van der Waals surface area contributed by atoms with Crippen LogP contribution in [0.15, 0.2) is 52.3 Å². The number of fused-ring (bicyclic) bond motifs is 2. The van der Waals surface area contributed by atoms with Crippen molar-refractivity contribution >= 4 is 27.7 Å². The number of carbonyl (C=O) groups is 1. The van der Waals surface area contributed by atoms with Crippen molar-refractivity contribution in [2.75, 3.05) is 26.2 Å². The molecule has 2 aliphatic heterocycles. The van der Waals surface area contributed by atoms with E-state index in [9.17, 15) is 13.2 Å². The quantitative estimate of drug-likeness (QED) is 0.657. The predicted molar refractivity (Wildman–Crippen MR) is 111 cm³/mol. The van der Waals surface area contributed by atoms with Crippen molar-refractivity contribution in [3.05, 3.63) is 59.2 Å². The molecule has 148 valence electrons. The Kier molecular flexibility index (Phi) is 5.24. The first-order chi connectivity index (χ1) is 13.4. The molecule has 5 nitrogen and oxygen atoms in total. The second kappa shape index (κ2) is 7.54. The summed E-state index contributed by atoms with van der Waals surface area (Å²) in [6.45, 7) is 4.92. The molecule has 7 heteroatoms. The Balaban J connectivity index is 1.54. The number of hydrogen-bond acceptors (Lipinski definition) is 4. The molecule has 0 saturated carbocycles. The molecule has 1 fully saturated rings. The van der Waals surface area contributed by atoms with E-state index in [1.165, 1.54) is 32.1 Å². The Morgan fingerprint density at radius 1 is 1.00 bits per heavy atom. The Morgan fingerprint density at radius 3 is 2.39 bits per heavy atom. The molecule has 1 saturated heterocycles. The van der Waals surface area contributed by atoms with Gasteiger partial charge in [-0.2, -0.15) is 4.31 Å². The molecule has 28 heavy (non-hydrogen) atoms. The summed E-state index contributed by atoms with van der Waals surface area (Å²) in [7, 11) is -3.46. The minimum absolute atomic E-state index is 0.00225. The maximum Gasteiger partial charge on any atom is 0.221 e. The Morgan fingerprint density at radius 2 is 1.68 bits per heavy atom. The van der Waals surface area contributed by atoms with E-state index >= 15 is 0 Å². The van der Waals surface area contributed by atoms with E-state index in [0.29, 0.717) is 26.2 Å². The van der Waals surface area contributed by atoms with Crippen molar-refractivity contribution in [1.82, 2.24) is 9.21 Å². The fraction of sp³-hybridized carbons (Fsp3) is 0.381. The lowest BCUT2D eigenvalue weighted by Gasteiger charge is -2.35. The number of hydrogen-bond donors (Lipinski definition) is 0. The number of nitrogens with zero attached hydrogens (tertiary/aromatic N) is 2. The molecule has 2 heterocycles. The molecule has 1 amide bonds. The van der Waals surface area contributed by atoms with Gasteiger partial charge in [0, 0.05) is 42.9 Å². The van der Waals surface area contributed by atoms with Crippen LogP contribution in [0.5, 0.6) is 0 Å². The summed E-state index contributed by atoms with van der Waals surface area (Å²) in [6.07, 6.45) is 0.830. The van der Waals surface area contributed by atoms with Crippen LogP contribution < -0.4 is 0 Å². The molecule has 4 rings (SSSR count). The van der Waals surface area contributed by atoms with Gasteiger partial charge < -0.3 is 4.90 Å². The van der Waals surface area contributed by atoms with E-state index in [1.807, 2.05) is 30.3 Å². The lowest BCUT2D eigenvalue weighted by molar-refractivity contribution is -0.129. The summed E-state index contributed by atoms with van der Waals surface area (Å²) in [4.78, 5) is 15.7. The first-order valence-corrected chi connectivity index (χ1v) is 11.8. The second-order valence-electron chi connectivity index (χ2n) is 7.35. The van der Waals surface area contributed by atoms with Crippen molar-refractivity contribution in [2.45, 2.75) is 35.3 Å². The van der Waals surface area contributed by atoms with E-state index in [0.717, 1.165) is 12.0 Å². The largest absolute Gasteiger partial charge is 0.340 e. The summed E-state index contributed by atoms with van der Waals surface area (Å²) in [6, 6.07) is 14.4. The molecular formula is C21H24N2O3S2. The Hall–Kier alpha value is -1.83. The molecule has 2 aliphatic rings. The van der Waals surface area contributed by atoms with Gasteiger partial charge in [-0.25, -0.2) is 8.42 Å². The summed E-state index contributed by atoms with van der Waals surface area (Å²) in [5.41, 5.74) is 3.30. The zero-order valence-corrected chi connectivity index (χ0v) is 17.7. The molecule has 0 N–H and O–H groups in total. The molecule has 2 aromatic rings. The third-order valence-electron chi connectivity index (χ3n) is 5.62. The van der Waals surface area contributed by atoms with Crippen LogP contribution >= 0.6 is 11.8 Å². The van der Waals surface area contributed by atoms with Crippen LogP contribution in [0, 0.1) is 0 Å². The standard InChI is InChI=1S/C21H24N2O3S2/c1-15(28(25,26)23-11-9-22(10-12-23)16(2)24)17-7-8-21-19(13-17)14-18-5-3-4-6-20(18)27-21/h3-8,13,15H,9-12,14H2,1-2H3. The number of sulfonamides is 1. The van der Waals surface area contributed by atoms with Crippen LogP contribution in [0.1, 0.15) is 35.8 Å². The van der Waals surface area contributed by atoms with Gasteiger partial charge in [-0.15, -0.1) is 0 Å². The fourth-order valence-corrected chi connectivity index (χ4v) is 6.48. The average Bonchev–Trinajstić information content (AvgIpc) is 2.71. The minimum atomic E-state index is -3.46. The Labute approximate surface area is 170 Å². The van der Waals surface area contributed by atoms with E-state index in [-0.39, 0.29) is 5.91 Å². The topological polar surface area (TPSA) is 57.7 Å². The minimum Gasteiger partial charge on any atom is -0.340 e. The highest BCUT2D eigenvalue weighted by molar-refractivity contribution is 7.99. The highest BCUT2D eigenvalue weighted by Gasteiger charge is 2.33. The third-order valence-corrected chi connectivity index (χ3v) is 9.11. The van der Waals surface area contributed by atoms with Crippen LogP contribution in [0.25, 0.3) is 0 Å². The van der Waals surface area contributed by atoms with Crippen LogP contribution in [0.2, 0.25) is 0 Å². The molecule has 0 aromatic heterocycles. The van der Waals surface area contributed by atoms with Gasteiger partial charge >= 0.3 is 0 Å². The second-order valence-corrected chi connectivity index (χ2v) is 10.7. The van der Waals surface area contributed by atoms with Gasteiger partial charge in [0.1, 0.15) is 0 Å². The Bertz CT molecular complexity index is 1010. The van der Waals surface area contributed by atoms with Crippen molar-refractivity contribution in [3.63, 3.8) is 0 Å². The van der Waals surface area contributed by atoms with E-state index in [1.54, 1.807) is 23.6 Å². The van der Waals surface area contributed by atoms with Gasteiger partial charge in [0.2, 0.25) is 15.9 Å². The highest BCUT2D eigenvalue weighted by atomic mass is 32.2. The van der Waals surface area contributed by atoms with Crippen LogP contribution in [0.4, 0.5) is 0 Å². The molecule has 0 bridgehead atoms. The number of rotatable bonds is 3. The van der Waals surface area contributed by atoms with E-state index in [4.69, 9.17) is 0 Å². The van der Waals surface area contributed by atoms with Gasteiger partial charge in [-0.1, -0.05) is 42.1 Å². The summed E-state index contributed by atoms with van der Waals surface area (Å²) < 4.78 is 27.8. The van der Waals surface area contributed by atoms with Gasteiger partial charge in [0.15, 0.2) is 0 Å². The molecular weight excluding hydrogens is 392 g/mol. The van der Waals surface area contributed by atoms with Crippen molar-refractivity contribution in [3.8, 4) is 0 Å². The zero-order valence-electron chi connectivity index (χ0n) is 16.1. The predicted octanol–water partition coefficient (Wildman–Crippen LogP) is 3.30. The van der Waals surface area contributed by atoms with Crippen LogP contribution in [-0.4, -0.2) is 49.7 Å². The van der Waals surface area contributed by atoms with Crippen molar-refractivity contribution < 1.29 is 13.2 Å². The highest BCUT2D eigenvalue weighted by Crippen LogP contribution is 2.40. The lowest BCUT2D eigenvalue weighted by Crippen LogP contribution is -2.50. The molecule has 1 unspecified atom stereocenters. The molecule has 2 aromatic carbocycles. The SMILES string of the molecule is CC(=O)N1CCN(S(=O)(=O)C(C)c2ccc3c(c2)Cc2ccccc2S3)CC1. The smallest absolute Gasteiger partial charge is 0.221 e. The normalized spacial score (nSPS) is 18.3. The van der Waals surface area contributed by atoms with Gasteiger partial charge in [-0.3, -0.25) is 4.79 Å². The third kappa shape index (κ3) is 3.58. The first kappa shape index (κ1) is 19.5. The number of benzene rings is 2. The molecule has 1 atom stereocenters. The molecule has 0 radical (unpaired) electrons. The summed E-state index contributed by atoms with van der Waals surface area (Å²) >= 11 is 1.74. The summed E-state index contributed by atoms with van der Waals surface area (Å²) in [5, 5.41) is -0.608. The van der Waals surface area contributed by atoms with Crippen molar-refractivity contribution in [2.24, 2.45) is 0 Å². The van der Waals surface area contributed by atoms with E-state index in [2.05, 4.69) is 12.1 Å². The van der Waals surface area contributed by atoms with Crippen molar-refractivity contribution in [1.29, 1.82) is 0 Å². The molecule has 0 aliphatic carbocycles. The van der Waals surface area contributed by atoms with Crippen LogP contribution in [0.3, 0.4) is 0 Å². The number of carbonyl (C=O) groups excluding carboxylic acids is 1. The first-order valence-electron chi connectivity index (χ1n) is 9.49. The van der Waals surface area contributed by atoms with Gasteiger partial charge in [-0.05, 0) is 42.2 Å². The summed E-state index contributed by atoms with van der Waals surface area (Å²) in [5.74, 6) is -0.00225. The average molecular weight is 417 g/mol. The molecule has 0 spiro atoms. The zero-order chi connectivity index (χ0) is 19.9. The number of piperazine rings is 1. The van der Waals surface area contributed by atoms with Gasteiger partial charge in [0.05, 0.1) is 5.25 Å². The maximum atomic E-state index is 13.1. The fourth-order valence-electron chi connectivity index (χ4n) is 3.82. The van der Waals surface area contributed by atoms with Gasteiger partial charge in [0.25, 0.3) is 0 Å². The maximum absolute atomic E-state index is 13.1. The van der Waals surface area contributed by atoms with E-state index < -0.39 is 15.3 Å².